The largest absolute Gasteiger partial charge is 0.360 e. The van der Waals surface area contributed by atoms with E-state index in [1.165, 1.54) is 5.39 Å². The van der Waals surface area contributed by atoms with Crippen molar-refractivity contribution in [3.63, 3.8) is 0 Å². The van der Waals surface area contributed by atoms with Gasteiger partial charge in [-0.1, -0.05) is 54.5 Å². The molecule has 1 aromatic heterocycles. The van der Waals surface area contributed by atoms with E-state index in [9.17, 15) is 4.79 Å². The summed E-state index contributed by atoms with van der Waals surface area (Å²) in [6, 6.07) is 14.2. The third-order valence-corrected chi connectivity index (χ3v) is 4.12. The molecule has 4 nitrogen and oxygen atoms in total. The van der Waals surface area contributed by atoms with Gasteiger partial charge >= 0.3 is 0 Å². The van der Waals surface area contributed by atoms with E-state index in [2.05, 4.69) is 34.7 Å². The van der Waals surface area contributed by atoms with Gasteiger partial charge in [-0.2, -0.15) is 0 Å². The molecule has 0 radical (unpaired) electrons. The summed E-state index contributed by atoms with van der Waals surface area (Å²) in [5.41, 5.74) is 2.28. The number of nitrogens with zero attached hydrogens (tertiary/aromatic N) is 1. The summed E-state index contributed by atoms with van der Waals surface area (Å²) >= 11 is 0. The molecule has 0 bridgehead atoms. The van der Waals surface area contributed by atoms with Crippen molar-refractivity contribution in [1.29, 1.82) is 0 Å². The maximum atomic E-state index is 12.6. The van der Waals surface area contributed by atoms with Crippen LogP contribution in [0.3, 0.4) is 0 Å². The van der Waals surface area contributed by atoms with E-state index in [1.54, 1.807) is 6.92 Å². The van der Waals surface area contributed by atoms with Crippen LogP contribution in [0.2, 0.25) is 0 Å². The fraction of sp³-hybridized carbons (Fsp3) is 0.263. The highest BCUT2D eigenvalue weighted by molar-refractivity contribution is 5.97. The molecule has 4 heteroatoms. The van der Waals surface area contributed by atoms with Gasteiger partial charge in [0, 0.05) is 6.42 Å². The van der Waals surface area contributed by atoms with Crippen LogP contribution in [0.15, 0.2) is 47.0 Å². The first kappa shape index (κ1) is 15.3. The van der Waals surface area contributed by atoms with Crippen molar-refractivity contribution >= 4 is 16.7 Å². The van der Waals surface area contributed by atoms with Crippen molar-refractivity contribution in [2.24, 2.45) is 0 Å². The van der Waals surface area contributed by atoms with Gasteiger partial charge in [0.15, 0.2) is 0 Å². The first-order valence-corrected chi connectivity index (χ1v) is 7.85. The Balaban J connectivity index is 1.90. The first-order chi connectivity index (χ1) is 11.1. The van der Waals surface area contributed by atoms with Crippen molar-refractivity contribution in [3.8, 4) is 0 Å². The molecule has 0 spiro atoms. The minimum Gasteiger partial charge on any atom is -0.360 e. The SMILES string of the molecule is CCc1onc(C)c1C(=O)NC(C)c1cccc2ccccc12. The second kappa shape index (κ2) is 6.24. The van der Waals surface area contributed by atoms with Crippen molar-refractivity contribution < 1.29 is 9.32 Å². The number of benzene rings is 2. The van der Waals surface area contributed by atoms with Crippen LogP contribution in [0.1, 0.15) is 47.3 Å². The summed E-state index contributed by atoms with van der Waals surface area (Å²) in [4.78, 5) is 12.6. The third-order valence-electron chi connectivity index (χ3n) is 4.12. The second-order valence-corrected chi connectivity index (χ2v) is 5.68. The van der Waals surface area contributed by atoms with Crippen LogP contribution < -0.4 is 5.32 Å². The molecule has 0 saturated heterocycles. The summed E-state index contributed by atoms with van der Waals surface area (Å²) in [5, 5.41) is 9.29. The molecule has 3 rings (SSSR count). The topological polar surface area (TPSA) is 55.1 Å². The highest BCUT2D eigenvalue weighted by Gasteiger charge is 2.21. The zero-order chi connectivity index (χ0) is 16.4. The average Bonchev–Trinajstić information content (AvgIpc) is 2.95. The van der Waals surface area contributed by atoms with Crippen molar-refractivity contribution in [3.05, 3.63) is 65.0 Å². The van der Waals surface area contributed by atoms with E-state index < -0.39 is 0 Å². The van der Waals surface area contributed by atoms with E-state index in [1.807, 2.05) is 32.0 Å². The van der Waals surface area contributed by atoms with Crippen LogP contribution in [0.5, 0.6) is 0 Å². The van der Waals surface area contributed by atoms with Gasteiger partial charge in [-0.15, -0.1) is 0 Å². The minimum absolute atomic E-state index is 0.104. The lowest BCUT2D eigenvalue weighted by Gasteiger charge is -2.16. The molecule has 0 fully saturated rings. The van der Waals surface area contributed by atoms with Crippen LogP contribution in [0, 0.1) is 6.92 Å². The van der Waals surface area contributed by atoms with Crippen LogP contribution in [-0.4, -0.2) is 11.1 Å². The predicted octanol–water partition coefficient (Wildman–Crippen LogP) is 4.19. The molecule has 118 valence electrons. The molecule has 0 aliphatic rings. The minimum atomic E-state index is -0.138. The second-order valence-electron chi connectivity index (χ2n) is 5.68. The molecule has 1 heterocycles. The number of fused-ring (bicyclic) bond motifs is 1. The Hall–Kier alpha value is -2.62. The lowest BCUT2D eigenvalue weighted by atomic mass is 9.99. The van der Waals surface area contributed by atoms with E-state index in [0.29, 0.717) is 23.4 Å². The van der Waals surface area contributed by atoms with Crippen molar-refractivity contribution in [2.75, 3.05) is 0 Å². The number of carbonyl (C=O) groups is 1. The number of rotatable bonds is 4. The maximum Gasteiger partial charge on any atom is 0.257 e. The van der Waals surface area contributed by atoms with Gasteiger partial charge in [0.25, 0.3) is 5.91 Å². The number of aromatic nitrogens is 1. The van der Waals surface area contributed by atoms with Gasteiger partial charge in [-0.3, -0.25) is 4.79 Å². The molecule has 1 N–H and O–H groups in total. The summed E-state index contributed by atoms with van der Waals surface area (Å²) in [5.74, 6) is 0.492. The quantitative estimate of drug-likeness (QED) is 0.786. The lowest BCUT2D eigenvalue weighted by Crippen LogP contribution is -2.27. The number of hydrogen-bond acceptors (Lipinski definition) is 3. The molecule has 0 saturated carbocycles. The van der Waals surface area contributed by atoms with E-state index in [-0.39, 0.29) is 11.9 Å². The Morgan fingerprint density at radius 1 is 1.22 bits per heavy atom. The average molecular weight is 308 g/mol. The monoisotopic (exact) mass is 308 g/mol. The van der Waals surface area contributed by atoms with E-state index >= 15 is 0 Å². The zero-order valence-corrected chi connectivity index (χ0v) is 13.6. The molecule has 1 atom stereocenters. The standard InChI is InChI=1S/C19H20N2O2/c1-4-17-18(13(3)21-23-17)19(22)20-12(2)15-11-7-9-14-8-5-6-10-16(14)15/h5-12H,4H2,1-3H3,(H,20,22). The Labute approximate surface area is 135 Å². The van der Waals surface area contributed by atoms with E-state index in [4.69, 9.17) is 4.52 Å². The maximum absolute atomic E-state index is 12.6. The van der Waals surface area contributed by atoms with Crippen molar-refractivity contribution in [2.45, 2.75) is 33.2 Å². The predicted molar refractivity (Wildman–Crippen MR) is 90.4 cm³/mol. The fourth-order valence-corrected chi connectivity index (χ4v) is 2.92. The van der Waals surface area contributed by atoms with Crippen LogP contribution in [0.4, 0.5) is 0 Å². The Bertz CT molecular complexity index is 846. The molecule has 1 amide bonds. The molecule has 3 aromatic rings. The van der Waals surface area contributed by atoms with Gasteiger partial charge in [0.05, 0.1) is 11.7 Å². The summed E-state index contributed by atoms with van der Waals surface area (Å²) < 4.78 is 5.21. The summed E-state index contributed by atoms with van der Waals surface area (Å²) in [6.07, 6.45) is 0.645. The van der Waals surface area contributed by atoms with Gasteiger partial charge in [0.2, 0.25) is 0 Å². The number of hydrogen-bond donors (Lipinski definition) is 1. The third kappa shape index (κ3) is 2.84. The zero-order valence-electron chi connectivity index (χ0n) is 13.6. The van der Waals surface area contributed by atoms with Gasteiger partial charge in [-0.05, 0) is 30.2 Å². The molecular weight excluding hydrogens is 288 g/mol. The number of amides is 1. The molecule has 23 heavy (non-hydrogen) atoms. The Morgan fingerprint density at radius 2 is 1.96 bits per heavy atom. The van der Waals surface area contributed by atoms with E-state index in [0.717, 1.165) is 10.9 Å². The van der Waals surface area contributed by atoms with Gasteiger partial charge < -0.3 is 9.84 Å². The number of carbonyl (C=O) groups excluding carboxylic acids is 1. The van der Waals surface area contributed by atoms with Gasteiger partial charge in [-0.25, -0.2) is 0 Å². The smallest absolute Gasteiger partial charge is 0.257 e. The highest BCUT2D eigenvalue weighted by atomic mass is 16.5. The number of aryl methyl sites for hydroxylation is 2. The van der Waals surface area contributed by atoms with Crippen LogP contribution in [-0.2, 0) is 6.42 Å². The summed E-state index contributed by atoms with van der Waals surface area (Å²) in [6.45, 7) is 5.74. The molecular formula is C19H20N2O2. The fourth-order valence-electron chi connectivity index (χ4n) is 2.92. The van der Waals surface area contributed by atoms with Gasteiger partial charge in [0.1, 0.15) is 11.3 Å². The van der Waals surface area contributed by atoms with Crippen LogP contribution >= 0.6 is 0 Å². The highest BCUT2D eigenvalue weighted by Crippen LogP contribution is 2.25. The Kier molecular flexibility index (Phi) is 4.15. The normalized spacial score (nSPS) is 12.3. The molecule has 1 unspecified atom stereocenters. The summed E-state index contributed by atoms with van der Waals surface area (Å²) in [7, 11) is 0. The number of nitrogens with one attached hydrogen (secondary N) is 1. The molecule has 0 aliphatic carbocycles. The van der Waals surface area contributed by atoms with Crippen molar-refractivity contribution in [1.82, 2.24) is 10.5 Å². The molecule has 0 aliphatic heterocycles. The lowest BCUT2D eigenvalue weighted by molar-refractivity contribution is 0.0937. The Morgan fingerprint density at radius 3 is 2.74 bits per heavy atom. The molecule has 2 aromatic carbocycles. The first-order valence-electron chi connectivity index (χ1n) is 7.85. The van der Waals surface area contributed by atoms with Crippen LogP contribution in [0.25, 0.3) is 10.8 Å².